The Morgan fingerprint density at radius 2 is 2.16 bits per heavy atom. The minimum atomic E-state index is -0.986. The molecule has 0 aromatic heterocycles. The second-order valence-corrected chi connectivity index (χ2v) is 5.23. The number of hydrogen-bond donors (Lipinski definition) is 3. The third-order valence-electron chi connectivity index (χ3n) is 3.72. The van der Waals surface area contributed by atoms with Gasteiger partial charge in [0, 0.05) is 17.9 Å². The van der Waals surface area contributed by atoms with Crippen LogP contribution in [0.5, 0.6) is 0 Å². The molecule has 0 aliphatic carbocycles. The first-order valence-corrected chi connectivity index (χ1v) is 6.61. The van der Waals surface area contributed by atoms with Gasteiger partial charge in [0.1, 0.15) is 0 Å². The van der Waals surface area contributed by atoms with Gasteiger partial charge in [-0.25, -0.2) is 4.79 Å². The summed E-state index contributed by atoms with van der Waals surface area (Å²) in [4.78, 5) is 13.3. The molecule has 0 bridgehead atoms. The number of aromatic carboxylic acids is 1. The maximum atomic E-state index is 11.0. The predicted molar refractivity (Wildman–Crippen MR) is 76.5 cm³/mol. The van der Waals surface area contributed by atoms with Crippen LogP contribution in [0.2, 0.25) is 0 Å². The summed E-state index contributed by atoms with van der Waals surface area (Å²) in [6.45, 7) is 3.15. The summed E-state index contributed by atoms with van der Waals surface area (Å²) in [5, 5.41) is 12.3. The molecular formula is C14H21N3O2. The van der Waals surface area contributed by atoms with Crippen molar-refractivity contribution in [2.24, 2.45) is 5.92 Å². The van der Waals surface area contributed by atoms with Crippen LogP contribution in [0, 0.1) is 5.92 Å². The maximum Gasteiger partial charge on any atom is 0.337 e. The summed E-state index contributed by atoms with van der Waals surface area (Å²) in [5.41, 5.74) is 6.92. The lowest BCUT2D eigenvalue weighted by molar-refractivity contribution is 0.0698. The number of piperidine rings is 1. The molecule has 1 aliphatic rings. The highest BCUT2D eigenvalue weighted by Crippen LogP contribution is 2.20. The van der Waals surface area contributed by atoms with E-state index in [1.165, 1.54) is 12.8 Å². The maximum absolute atomic E-state index is 11.0. The fourth-order valence-corrected chi connectivity index (χ4v) is 2.38. The van der Waals surface area contributed by atoms with E-state index in [1.54, 1.807) is 12.1 Å². The molecule has 1 aliphatic heterocycles. The Labute approximate surface area is 113 Å². The molecule has 1 saturated heterocycles. The molecule has 0 amide bonds. The van der Waals surface area contributed by atoms with Gasteiger partial charge in [-0.15, -0.1) is 0 Å². The summed E-state index contributed by atoms with van der Waals surface area (Å²) in [6.07, 6.45) is 2.37. The molecule has 1 heterocycles. The highest BCUT2D eigenvalue weighted by molar-refractivity contribution is 5.94. The zero-order valence-electron chi connectivity index (χ0n) is 11.2. The molecule has 19 heavy (non-hydrogen) atoms. The van der Waals surface area contributed by atoms with Gasteiger partial charge in [0.15, 0.2) is 0 Å². The Morgan fingerprint density at radius 3 is 2.79 bits per heavy atom. The minimum absolute atomic E-state index is 0.161. The third kappa shape index (κ3) is 3.61. The molecule has 0 unspecified atom stereocenters. The molecule has 2 rings (SSSR count). The smallest absolute Gasteiger partial charge is 0.337 e. The molecule has 0 spiro atoms. The largest absolute Gasteiger partial charge is 0.478 e. The lowest BCUT2D eigenvalue weighted by Gasteiger charge is -2.29. The van der Waals surface area contributed by atoms with Crippen molar-refractivity contribution >= 4 is 17.3 Å². The lowest BCUT2D eigenvalue weighted by atomic mass is 9.97. The van der Waals surface area contributed by atoms with Gasteiger partial charge in [0.05, 0.1) is 5.56 Å². The Balaban J connectivity index is 1.92. The number of nitrogens with one attached hydrogen (secondary N) is 1. The van der Waals surface area contributed by atoms with Crippen LogP contribution in [0.4, 0.5) is 11.4 Å². The van der Waals surface area contributed by atoms with Crippen molar-refractivity contribution in [3.63, 3.8) is 0 Å². The highest BCUT2D eigenvalue weighted by atomic mass is 16.4. The molecule has 0 saturated carbocycles. The zero-order chi connectivity index (χ0) is 13.8. The van der Waals surface area contributed by atoms with E-state index < -0.39 is 5.97 Å². The van der Waals surface area contributed by atoms with Gasteiger partial charge in [0.25, 0.3) is 0 Å². The molecule has 4 N–H and O–H groups in total. The number of nitrogen functional groups attached to an aromatic ring is 1. The van der Waals surface area contributed by atoms with E-state index in [1.807, 2.05) is 6.07 Å². The van der Waals surface area contributed by atoms with Gasteiger partial charge in [0.2, 0.25) is 0 Å². The van der Waals surface area contributed by atoms with Crippen molar-refractivity contribution in [1.82, 2.24) is 4.90 Å². The normalized spacial score (nSPS) is 17.3. The van der Waals surface area contributed by atoms with Crippen LogP contribution in [0.15, 0.2) is 18.2 Å². The average Bonchev–Trinajstić information content (AvgIpc) is 2.39. The van der Waals surface area contributed by atoms with Gasteiger partial charge < -0.3 is 21.1 Å². The Kier molecular flexibility index (Phi) is 4.27. The summed E-state index contributed by atoms with van der Waals surface area (Å²) < 4.78 is 0. The average molecular weight is 263 g/mol. The molecule has 1 aromatic rings. The number of carbonyl (C=O) groups is 1. The van der Waals surface area contributed by atoms with Crippen molar-refractivity contribution in [1.29, 1.82) is 0 Å². The Hall–Kier alpha value is -1.75. The molecule has 104 valence electrons. The number of carboxylic acids is 1. The number of nitrogens with two attached hydrogens (primary N) is 1. The standard InChI is InChI=1S/C14H21N3O2/c1-17-6-4-10(5-7-17)9-16-11-2-3-13(15)12(8-11)14(18)19/h2-3,8,10,16H,4-7,9,15H2,1H3,(H,18,19). The minimum Gasteiger partial charge on any atom is -0.478 e. The molecule has 5 heteroatoms. The SMILES string of the molecule is CN1CCC(CNc2ccc(N)c(C(=O)O)c2)CC1. The van der Waals surface area contributed by atoms with Crippen molar-refractivity contribution < 1.29 is 9.90 Å². The topological polar surface area (TPSA) is 78.6 Å². The molecule has 0 atom stereocenters. The van der Waals surface area contributed by atoms with Gasteiger partial charge in [-0.1, -0.05) is 0 Å². The number of anilines is 2. The number of nitrogens with zero attached hydrogens (tertiary/aromatic N) is 1. The number of carboxylic acid groups (broad SMARTS) is 1. The lowest BCUT2D eigenvalue weighted by Crippen LogP contribution is -2.32. The molecule has 0 radical (unpaired) electrons. The van der Waals surface area contributed by atoms with E-state index in [0.29, 0.717) is 11.6 Å². The van der Waals surface area contributed by atoms with E-state index in [9.17, 15) is 4.79 Å². The van der Waals surface area contributed by atoms with Crippen LogP contribution in [0.1, 0.15) is 23.2 Å². The van der Waals surface area contributed by atoms with Crippen LogP contribution < -0.4 is 11.1 Å². The van der Waals surface area contributed by atoms with E-state index in [-0.39, 0.29) is 5.56 Å². The number of benzene rings is 1. The monoisotopic (exact) mass is 263 g/mol. The first-order chi connectivity index (χ1) is 9.06. The van der Waals surface area contributed by atoms with Crippen molar-refractivity contribution in [2.45, 2.75) is 12.8 Å². The van der Waals surface area contributed by atoms with Crippen LogP contribution in [0.3, 0.4) is 0 Å². The van der Waals surface area contributed by atoms with E-state index in [0.717, 1.165) is 25.3 Å². The highest BCUT2D eigenvalue weighted by Gasteiger charge is 2.16. The van der Waals surface area contributed by atoms with Crippen LogP contribution in [0.25, 0.3) is 0 Å². The Bertz CT molecular complexity index is 454. The summed E-state index contributed by atoms with van der Waals surface area (Å²) in [5.74, 6) is -0.331. The number of likely N-dealkylation sites (tertiary alicyclic amines) is 1. The quantitative estimate of drug-likeness (QED) is 0.721. The fraction of sp³-hybridized carbons (Fsp3) is 0.500. The molecule has 1 fully saturated rings. The third-order valence-corrected chi connectivity index (χ3v) is 3.72. The molecular weight excluding hydrogens is 242 g/mol. The van der Waals surface area contributed by atoms with E-state index >= 15 is 0 Å². The fourth-order valence-electron chi connectivity index (χ4n) is 2.38. The first kappa shape index (κ1) is 13.7. The van der Waals surface area contributed by atoms with Crippen LogP contribution in [-0.2, 0) is 0 Å². The van der Waals surface area contributed by atoms with Gasteiger partial charge in [-0.05, 0) is 57.1 Å². The van der Waals surface area contributed by atoms with Gasteiger partial charge in [-0.2, -0.15) is 0 Å². The van der Waals surface area contributed by atoms with Gasteiger partial charge in [-0.3, -0.25) is 0 Å². The summed E-state index contributed by atoms with van der Waals surface area (Å²) in [6, 6.07) is 5.07. The van der Waals surface area contributed by atoms with Crippen molar-refractivity contribution in [3.05, 3.63) is 23.8 Å². The van der Waals surface area contributed by atoms with E-state index in [2.05, 4.69) is 17.3 Å². The Morgan fingerprint density at radius 1 is 1.47 bits per heavy atom. The molecule has 1 aromatic carbocycles. The van der Waals surface area contributed by atoms with E-state index in [4.69, 9.17) is 10.8 Å². The van der Waals surface area contributed by atoms with Gasteiger partial charge >= 0.3 is 5.97 Å². The van der Waals surface area contributed by atoms with Crippen molar-refractivity contribution in [2.75, 3.05) is 37.7 Å². The molecule has 5 nitrogen and oxygen atoms in total. The summed E-state index contributed by atoms with van der Waals surface area (Å²) in [7, 11) is 2.14. The summed E-state index contributed by atoms with van der Waals surface area (Å²) >= 11 is 0. The second-order valence-electron chi connectivity index (χ2n) is 5.23. The van der Waals surface area contributed by atoms with Crippen LogP contribution >= 0.6 is 0 Å². The predicted octanol–water partition coefficient (Wildman–Crippen LogP) is 1.72. The number of hydrogen-bond acceptors (Lipinski definition) is 4. The first-order valence-electron chi connectivity index (χ1n) is 6.61. The number of rotatable bonds is 4. The zero-order valence-corrected chi connectivity index (χ0v) is 11.2. The second kappa shape index (κ2) is 5.93. The van der Waals surface area contributed by atoms with Crippen LogP contribution in [-0.4, -0.2) is 42.7 Å². The van der Waals surface area contributed by atoms with Crippen molar-refractivity contribution in [3.8, 4) is 0 Å².